The molecule has 8 heteroatoms. The highest BCUT2D eigenvalue weighted by atomic mass is 16.5. The number of aliphatic imine (C=N–C) groups is 2. The monoisotopic (exact) mass is 486 g/mol. The highest BCUT2D eigenvalue weighted by Gasteiger charge is 2.20. The van der Waals surface area contributed by atoms with Gasteiger partial charge in [-0.15, -0.1) is 0 Å². The van der Waals surface area contributed by atoms with Crippen LogP contribution in [0.15, 0.2) is 65.2 Å². The molecule has 2 aromatic carbocycles. The lowest BCUT2D eigenvalue weighted by Crippen LogP contribution is -2.18. The quantitative estimate of drug-likeness (QED) is 0.426. The summed E-state index contributed by atoms with van der Waals surface area (Å²) in [6.07, 6.45) is 7.77. The van der Waals surface area contributed by atoms with Crippen molar-refractivity contribution in [2.75, 3.05) is 38.4 Å². The van der Waals surface area contributed by atoms with Crippen molar-refractivity contribution >= 4 is 40.4 Å². The summed E-state index contributed by atoms with van der Waals surface area (Å²) >= 11 is 0. The third kappa shape index (κ3) is 5.66. The van der Waals surface area contributed by atoms with Crippen molar-refractivity contribution in [1.29, 1.82) is 0 Å². The lowest BCUT2D eigenvalue weighted by atomic mass is 10.0. The minimum atomic E-state index is -0.260. The Morgan fingerprint density at radius 2 is 2.08 bits per heavy atom. The minimum Gasteiger partial charge on any atom is -0.495 e. The summed E-state index contributed by atoms with van der Waals surface area (Å²) in [7, 11) is 7.78. The number of anilines is 2. The fourth-order valence-corrected chi connectivity index (χ4v) is 4.47. The number of ether oxygens (including phenoxy) is 1. The van der Waals surface area contributed by atoms with Crippen molar-refractivity contribution in [3.8, 4) is 5.75 Å². The van der Waals surface area contributed by atoms with E-state index >= 15 is 0 Å². The maximum atomic E-state index is 12.1. The van der Waals surface area contributed by atoms with Gasteiger partial charge in [-0.05, 0) is 63.3 Å². The molecule has 36 heavy (non-hydrogen) atoms. The number of guanidine groups is 1. The van der Waals surface area contributed by atoms with Crippen LogP contribution in [0, 0.1) is 0 Å². The van der Waals surface area contributed by atoms with E-state index in [1.807, 2.05) is 38.5 Å². The largest absolute Gasteiger partial charge is 0.495 e. The number of para-hydroxylation sites is 1. The summed E-state index contributed by atoms with van der Waals surface area (Å²) in [5.74, 6) is 0.902. The highest BCUT2D eigenvalue weighted by Crippen LogP contribution is 2.35. The van der Waals surface area contributed by atoms with Crippen LogP contribution in [0.2, 0.25) is 0 Å². The highest BCUT2D eigenvalue weighted by molar-refractivity contribution is 6.03. The van der Waals surface area contributed by atoms with Gasteiger partial charge >= 0.3 is 0 Å². The molecular formula is C28H34N6O2. The Kier molecular flexibility index (Phi) is 7.85. The summed E-state index contributed by atoms with van der Waals surface area (Å²) < 4.78 is 7.83. The van der Waals surface area contributed by atoms with Crippen LogP contribution in [-0.2, 0) is 18.3 Å². The van der Waals surface area contributed by atoms with Crippen LogP contribution in [0.1, 0.15) is 30.0 Å². The first-order valence-electron chi connectivity index (χ1n) is 12.1. The van der Waals surface area contributed by atoms with Gasteiger partial charge in [-0.3, -0.25) is 4.79 Å². The summed E-state index contributed by atoms with van der Waals surface area (Å²) in [5.41, 5.74) is 4.74. The maximum Gasteiger partial charge on any atom is 0.247 e. The number of methoxy groups -OCH3 is 1. The first-order valence-corrected chi connectivity index (χ1v) is 12.1. The number of aromatic nitrogens is 1. The first kappa shape index (κ1) is 25.2. The van der Waals surface area contributed by atoms with E-state index in [0.717, 1.165) is 31.4 Å². The lowest BCUT2D eigenvalue weighted by molar-refractivity contribution is -0.111. The average molecular weight is 487 g/mol. The zero-order chi connectivity index (χ0) is 25.7. The van der Waals surface area contributed by atoms with Crippen LogP contribution in [0.25, 0.3) is 10.9 Å². The molecular weight excluding hydrogens is 452 g/mol. The zero-order valence-electron chi connectivity index (χ0n) is 21.4. The molecule has 0 saturated heterocycles. The van der Waals surface area contributed by atoms with Crippen molar-refractivity contribution in [3.63, 3.8) is 0 Å². The van der Waals surface area contributed by atoms with Crippen LogP contribution in [0.4, 0.5) is 11.4 Å². The Morgan fingerprint density at radius 1 is 1.28 bits per heavy atom. The molecule has 1 aromatic heterocycles. The Hall–Kier alpha value is -3.91. The van der Waals surface area contributed by atoms with E-state index in [-0.39, 0.29) is 11.9 Å². The zero-order valence-corrected chi connectivity index (χ0v) is 21.4. The van der Waals surface area contributed by atoms with Crippen molar-refractivity contribution in [2.24, 2.45) is 17.0 Å². The van der Waals surface area contributed by atoms with Gasteiger partial charge in [-0.25, -0.2) is 9.98 Å². The molecule has 188 valence electrons. The SMILES string of the molecule is C=CC(=O)Nc1cc(NC2=NC(c3cn(C)c4ccccc34)CC=N2)c(OC)cc1CCCN(C)C. The van der Waals surface area contributed by atoms with E-state index in [9.17, 15) is 4.79 Å². The number of hydrogen-bond donors (Lipinski definition) is 2. The third-order valence-corrected chi connectivity index (χ3v) is 6.27. The van der Waals surface area contributed by atoms with Gasteiger partial charge in [0.2, 0.25) is 11.9 Å². The van der Waals surface area contributed by atoms with E-state index in [1.54, 1.807) is 7.11 Å². The molecule has 2 N–H and O–H groups in total. The standard InChI is InChI=1S/C28H34N6O2/c1-6-27(35)30-23-17-24(26(36-5)16-19(23)10-9-15-33(2)3)32-28-29-14-13-22(31-28)21-18-34(4)25-12-8-7-11-20(21)25/h6-8,11-12,14,16-18,22H,1,9-10,13,15H2,2-5H3,(H,30,35)(H,31,32). The molecule has 2 heterocycles. The van der Waals surface area contributed by atoms with E-state index in [4.69, 9.17) is 9.73 Å². The molecule has 0 spiro atoms. The van der Waals surface area contributed by atoms with Crippen LogP contribution < -0.4 is 15.4 Å². The Balaban J connectivity index is 1.64. The number of carbonyl (C=O) groups is 1. The molecule has 1 amide bonds. The topological polar surface area (TPSA) is 83.2 Å². The Bertz CT molecular complexity index is 1320. The molecule has 1 aliphatic rings. The molecule has 4 rings (SSSR count). The molecule has 0 fully saturated rings. The van der Waals surface area contributed by atoms with Crippen LogP contribution in [0.3, 0.4) is 0 Å². The Labute approximate surface area is 212 Å². The van der Waals surface area contributed by atoms with Crippen molar-refractivity contribution in [1.82, 2.24) is 9.47 Å². The van der Waals surface area contributed by atoms with Gasteiger partial charge in [0.05, 0.1) is 18.8 Å². The summed E-state index contributed by atoms with van der Waals surface area (Å²) in [4.78, 5) is 23.7. The van der Waals surface area contributed by atoms with Crippen LogP contribution >= 0.6 is 0 Å². The Morgan fingerprint density at radius 3 is 2.83 bits per heavy atom. The maximum absolute atomic E-state index is 12.1. The van der Waals surface area contributed by atoms with Crippen molar-refractivity contribution in [2.45, 2.75) is 25.3 Å². The smallest absolute Gasteiger partial charge is 0.247 e. The second-order valence-corrected chi connectivity index (χ2v) is 9.16. The number of carbonyl (C=O) groups excluding carboxylic acids is 1. The number of amides is 1. The number of benzene rings is 2. The van der Waals surface area contributed by atoms with Crippen LogP contribution in [-0.4, -0.2) is 55.3 Å². The van der Waals surface area contributed by atoms with E-state index in [0.29, 0.717) is 23.1 Å². The number of aryl methyl sites for hydroxylation is 2. The molecule has 0 saturated carbocycles. The fraction of sp³-hybridized carbons (Fsp3) is 0.321. The number of hydrogen-bond acceptors (Lipinski definition) is 6. The summed E-state index contributed by atoms with van der Waals surface area (Å²) in [6, 6.07) is 12.1. The van der Waals surface area contributed by atoms with Gasteiger partial charge in [0.25, 0.3) is 0 Å². The first-order chi connectivity index (χ1) is 17.4. The average Bonchev–Trinajstić information content (AvgIpc) is 3.21. The lowest BCUT2D eigenvalue weighted by Gasteiger charge is -2.20. The van der Waals surface area contributed by atoms with E-state index < -0.39 is 0 Å². The summed E-state index contributed by atoms with van der Waals surface area (Å²) in [6.45, 7) is 4.53. The molecule has 0 aliphatic carbocycles. The van der Waals surface area contributed by atoms with Gasteiger partial charge in [-0.1, -0.05) is 24.8 Å². The van der Waals surface area contributed by atoms with Gasteiger partial charge < -0.3 is 24.8 Å². The molecule has 1 atom stereocenters. The molecule has 3 aromatic rings. The molecule has 8 nitrogen and oxygen atoms in total. The molecule has 1 unspecified atom stereocenters. The number of rotatable bonds is 9. The number of nitrogens with zero attached hydrogens (tertiary/aromatic N) is 4. The predicted molar refractivity (Wildman–Crippen MR) is 149 cm³/mol. The van der Waals surface area contributed by atoms with Gasteiger partial charge in [0, 0.05) is 48.0 Å². The number of nitrogens with one attached hydrogen (secondary N) is 2. The fourth-order valence-electron chi connectivity index (χ4n) is 4.47. The summed E-state index contributed by atoms with van der Waals surface area (Å²) in [5, 5.41) is 7.45. The van der Waals surface area contributed by atoms with Gasteiger partial charge in [0.1, 0.15) is 5.75 Å². The van der Waals surface area contributed by atoms with E-state index in [2.05, 4.69) is 63.1 Å². The normalized spacial score (nSPS) is 15.1. The molecule has 1 aliphatic heterocycles. The van der Waals surface area contributed by atoms with Crippen molar-refractivity contribution in [3.05, 3.63) is 66.4 Å². The molecule has 0 radical (unpaired) electrons. The third-order valence-electron chi connectivity index (χ3n) is 6.27. The van der Waals surface area contributed by atoms with Crippen molar-refractivity contribution < 1.29 is 9.53 Å². The van der Waals surface area contributed by atoms with Gasteiger partial charge in [-0.2, -0.15) is 0 Å². The second kappa shape index (κ2) is 11.2. The number of fused-ring (bicyclic) bond motifs is 1. The molecule has 0 bridgehead atoms. The second-order valence-electron chi connectivity index (χ2n) is 9.16. The van der Waals surface area contributed by atoms with Crippen LogP contribution in [0.5, 0.6) is 5.75 Å². The predicted octanol–water partition coefficient (Wildman–Crippen LogP) is 4.79. The minimum absolute atomic E-state index is 0.0488. The van der Waals surface area contributed by atoms with E-state index in [1.165, 1.54) is 22.5 Å². The van der Waals surface area contributed by atoms with Gasteiger partial charge in [0.15, 0.2) is 0 Å².